The Bertz CT molecular complexity index is 542. The van der Waals surface area contributed by atoms with E-state index in [4.69, 9.17) is 5.73 Å². The maximum atomic E-state index is 10.0. The summed E-state index contributed by atoms with van der Waals surface area (Å²) in [5, 5.41) is 24.6. The summed E-state index contributed by atoms with van der Waals surface area (Å²) in [6.45, 7) is 0.348. The van der Waals surface area contributed by atoms with Crippen molar-refractivity contribution in [2.45, 2.75) is 12.2 Å². The van der Waals surface area contributed by atoms with E-state index in [1.165, 1.54) is 0 Å². The van der Waals surface area contributed by atoms with Crippen LogP contribution >= 0.6 is 0 Å². The molecule has 0 saturated heterocycles. The van der Waals surface area contributed by atoms with Crippen molar-refractivity contribution < 1.29 is 10.2 Å². The first kappa shape index (κ1) is 12.8. The lowest BCUT2D eigenvalue weighted by atomic mass is 10.00. The predicted molar refractivity (Wildman–Crippen MR) is 73.3 cm³/mol. The minimum absolute atomic E-state index is 0.348. The molecule has 5 N–H and O–H groups in total. The number of benzene rings is 2. The normalized spacial score (nSPS) is 14.6. The summed E-state index contributed by atoms with van der Waals surface area (Å²) in [4.78, 5) is 0. The first-order chi connectivity index (χ1) is 8.61. The van der Waals surface area contributed by atoms with Gasteiger partial charge in [0, 0.05) is 12.2 Å². The van der Waals surface area contributed by atoms with Crippen LogP contribution in [0.5, 0.6) is 0 Å². The molecule has 0 amide bonds. The Morgan fingerprint density at radius 1 is 1.11 bits per heavy atom. The number of aliphatic hydroxyl groups is 2. The molecule has 0 radical (unpaired) electrons. The van der Waals surface area contributed by atoms with E-state index in [1.807, 2.05) is 36.4 Å². The van der Waals surface area contributed by atoms with E-state index in [2.05, 4.69) is 5.32 Å². The molecule has 96 valence electrons. The van der Waals surface area contributed by atoms with E-state index in [0.29, 0.717) is 17.8 Å². The SMILES string of the molecule is CNCC(O)C(O)c1ccc2cc(N)ccc2c1. The van der Waals surface area contributed by atoms with Crippen LogP contribution in [0.3, 0.4) is 0 Å². The van der Waals surface area contributed by atoms with Gasteiger partial charge in [-0.3, -0.25) is 0 Å². The first-order valence-electron chi connectivity index (χ1n) is 5.91. The fraction of sp³-hybridized carbons (Fsp3) is 0.286. The number of hydrogen-bond donors (Lipinski definition) is 4. The molecule has 0 fully saturated rings. The third-order valence-corrected chi connectivity index (χ3v) is 3.01. The number of fused-ring (bicyclic) bond motifs is 1. The lowest BCUT2D eigenvalue weighted by Gasteiger charge is -2.18. The van der Waals surface area contributed by atoms with Crippen molar-refractivity contribution in [2.75, 3.05) is 19.3 Å². The van der Waals surface area contributed by atoms with Gasteiger partial charge in [0.05, 0.1) is 6.10 Å². The molecule has 18 heavy (non-hydrogen) atoms. The van der Waals surface area contributed by atoms with Gasteiger partial charge < -0.3 is 21.3 Å². The molecule has 0 aromatic heterocycles. The van der Waals surface area contributed by atoms with Crippen molar-refractivity contribution in [1.29, 1.82) is 0 Å². The zero-order valence-electron chi connectivity index (χ0n) is 10.3. The van der Waals surface area contributed by atoms with Crippen molar-refractivity contribution in [3.8, 4) is 0 Å². The molecule has 4 nitrogen and oxygen atoms in total. The lowest BCUT2D eigenvalue weighted by molar-refractivity contribution is 0.0203. The Morgan fingerprint density at radius 2 is 1.78 bits per heavy atom. The molecule has 4 heteroatoms. The molecule has 0 aliphatic carbocycles. The van der Waals surface area contributed by atoms with E-state index >= 15 is 0 Å². The smallest absolute Gasteiger partial charge is 0.106 e. The zero-order valence-corrected chi connectivity index (χ0v) is 10.3. The minimum atomic E-state index is -0.889. The number of aliphatic hydroxyl groups excluding tert-OH is 2. The van der Waals surface area contributed by atoms with Crippen LogP contribution in [0.25, 0.3) is 10.8 Å². The second-order valence-electron chi connectivity index (χ2n) is 4.44. The maximum Gasteiger partial charge on any atom is 0.106 e. The van der Waals surface area contributed by atoms with Crippen LogP contribution < -0.4 is 11.1 Å². The molecule has 2 unspecified atom stereocenters. The van der Waals surface area contributed by atoms with Crippen LogP contribution in [0, 0.1) is 0 Å². The molecule has 2 aromatic carbocycles. The molecule has 2 atom stereocenters. The Balaban J connectivity index is 2.32. The number of nitrogen functional groups attached to an aromatic ring is 1. The van der Waals surface area contributed by atoms with Crippen molar-refractivity contribution in [2.24, 2.45) is 0 Å². The Hall–Kier alpha value is -1.62. The molecule has 0 aliphatic rings. The summed E-state index contributed by atoms with van der Waals surface area (Å²) in [5.74, 6) is 0. The largest absolute Gasteiger partial charge is 0.399 e. The average molecular weight is 246 g/mol. The highest BCUT2D eigenvalue weighted by atomic mass is 16.3. The fourth-order valence-electron chi connectivity index (χ4n) is 2.01. The van der Waals surface area contributed by atoms with E-state index in [1.54, 1.807) is 7.05 Å². The van der Waals surface area contributed by atoms with Crippen LogP contribution in [0.4, 0.5) is 5.69 Å². The van der Waals surface area contributed by atoms with Gasteiger partial charge in [0.1, 0.15) is 6.10 Å². The molecule has 0 saturated carbocycles. The summed E-state index contributed by atoms with van der Waals surface area (Å²) in [5.41, 5.74) is 7.13. The predicted octanol–water partition coefficient (Wildman–Crippen LogP) is 1.04. The average Bonchev–Trinajstić information content (AvgIpc) is 2.37. The number of rotatable bonds is 4. The number of nitrogens with two attached hydrogens (primary N) is 1. The maximum absolute atomic E-state index is 10.0. The summed E-state index contributed by atoms with van der Waals surface area (Å²) < 4.78 is 0. The van der Waals surface area contributed by atoms with Gasteiger partial charge in [-0.25, -0.2) is 0 Å². The van der Waals surface area contributed by atoms with Gasteiger partial charge >= 0.3 is 0 Å². The lowest BCUT2D eigenvalue weighted by Crippen LogP contribution is -2.29. The van der Waals surface area contributed by atoms with Gasteiger partial charge in [-0.1, -0.05) is 18.2 Å². The highest BCUT2D eigenvalue weighted by molar-refractivity contribution is 5.86. The summed E-state index contributed by atoms with van der Waals surface area (Å²) in [6, 6.07) is 11.2. The van der Waals surface area contributed by atoms with E-state index in [-0.39, 0.29) is 0 Å². The molecular weight excluding hydrogens is 228 g/mol. The Morgan fingerprint density at radius 3 is 2.50 bits per heavy atom. The molecule has 0 spiro atoms. The van der Waals surface area contributed by atoms with Gasteiger partial charge in [0.2, 0.25) is 0 Å². The Kier molecular flexibility index (Phi) is 3.81. The molecule has 0 bridgehead atoms. The van der Waals surface area contributed by atoms with Crippen LogP contribution in [-0.2, 0) is 0 Å². The number of hydrogen-bond acceptors (Lipinski definition) is 4. The van der Waals surface area contributed by atoms with Crippen LogP contribution in [-0.4, -0.2) is 29.9 Å². The second-order valence-corrected chi connectivity index (χ2v) is 4.44. The molecule has 0 aliphatic heterocycles. The third-order valence-electron chi connectivity index (χ3n) is 3.01. The highest BCUT2D eigenvalue weighted by Gasteiger charge is 2.17. The number of nitrogens with one attached hydrogen (secondary N) is 1. The molecule has 2 aromatic rings. The van der Waals surface area contributed by atoms with Crippen LogP contribution in [0.1, 0.15) is 11.7 Å². The van der Waals surface area contributed by atoms with E-state index in [0.717, 1.165) is 10.8 Å². The van der Waals surface area contributed by atoms with Gasteiger partial charge in [-0.05, 0) is 41.6 Å². The van der Waals surface area contributed by atoms with Crippen LogP contribution in [0.2, 0.25) is 0 Å². The summed E-state index contributed by atoms with van der Waals surface area (Å²) >= 11 is 0. The summed E-state index contributed by atoms with van der Waals surface area (Å²) in [7, 11) is 1.74. The van der Waals surface area contributed by atoms with E-state index < -0.39 is 12.2 Å². The van der Waals surface area contributed by atoms with Crippen molar-refractivity contribution >= 4 is 16.5 Å². The van der Waals surface area contributed by atoms with Gasteiger partial charge in [-0.2, -0.15) is 0 Å². The highest BCUT2D eigenvalue weighted by Crippen LogP contribution is 2.23. The number of likely N-dealkylation sites (N-methyl/N-ethyl adjacent to an activating group) is 1. The quantitative estimate of drug-likeness (QED) is 0.608. The summed E-state index contributed by atoms with van der Waals surface area (Å²) in [6.07, 6.45) is -1.71. The topological polar surface area (TPSA) is 78.5 Å². The van der Waals surface area contributed by atoms with E-state index in [9.17, 15) is 10.2 Å². The number of anilines is 1. The molecule has 2 rings (SSSR count). The molecular formula is C14H18N2O2. The van der Waals surface area contributed by atoms with Gasteiger partial charge in [-0.15, -0.1) is 0 Å². The standard InChI is InChI=1S/C14H18N2O2/c1-16-8-13(17)14(18)11-3-2-10-7-12(15)5-4-9(10)6-11/h2-7,13-14,16-18H,8,15H2,1H3. The fourth-order valence-corrected chi connectivity index (χ4v) is 2.01. The van der Waals surface area contributed by atoms with Crippen molar-refractivity contribution in [3.05, 3.63) is 42.0 Å². The van der Waals surface area contributed by atoms with Gasteiger partial charge in [0.25, 0.3) is 0 Å². The van der Waals surface area contributed by atoms with Crippen molar-refractivity contribution in [3.63, 3.8) is 0 Å². The van der Waals surface area contributed by atoms with Gasteiger partial charge in [0.15, 0.2) is 0 Å². The van der Waals surface area contributed by atoms with Crippen molar-refractivity contribution in [1.82, 2.24) is 5.32 Å². The van der Waals surface area contributed by atoms with Crippen LogP contribution in [0.15, 0.2) is 36.4 Å². The Labute approximate surface area is 106 Å². The minimum Gasteiger partial charge on any atom is -0.399 e. The monoisotopic (exact) mass is 246 g/mol. The first-order valence-corrected chi connectivity index (χ1v) is 5.91. The molecule has 0 heterocycles. The second kappa shape index (κ2) is 5.35. The zero-order chi connectivity index (χ0) is 13.1. The third kappa shape index (κ3) is 2.61.